The Morgan fingerprint density at radius 2 is 1.82 bits per heavy atom. The van der Waals surface area contributed by atoms with E-state index in [0.29, 0.717) is 24.0 Å². The van der Waals surface area contributed by atoms with Crippen LogP contribution >= 0.6 is 0 Å². The van der Waals surface area contributed by atoms with Crippen LogP contribution in [0.25, 0.3) is 6.08 Å². The molecule has 3 rings (SSSR count). The Bertz CT molecular complexity index is 1110. The van der Waals surface area contributed by atoms with Crippen molar-refractivity contribution in [2.45, 2.75) is 53.7 Å². The highest BCUT2D eigenvalue weighted by atomic mass is 16.5. The summed E-state index contributed by atoms with van der Waals surface area (Å²) in [5, 5.41) is 6.96. The number of methoxy groups -OCH3 is 1. The Hall–Kier alpha value is -3.54. The predicted octanol–water partition coefficient (Wildman–Crippen LogP) is 5.97. The number of benzene rings is 2. The lowest BCUT2D eigenvalue weighted by Gasteiger charge is -2.14. The van der Waals surface area contributed by atoms with Gasteiger partial charge in [0.2, 0.25) is 5.91 Å². The molecule has 0 spiro atoms. The fraction of sp³-hybridized carbons (Fsp3) is 0.357. The van der Waals surface area contributed by atoms with Crippen LogP contribution in [0, 0.1) is 19.8 Å². The van der Waals surface area contributed by atoms with E-state index >= 15 is 0 Å². The van der Waals surface area contributed by atoms with Crippen LogP contribution in [0.3, 0.4) is 0 Å². The van der Waals surface area contributed by atoms with E-state index in [4.69, 9.17) is 14.0 Å². The minimum atomic E-state index is -0.156. The van der Waals surface area contributed by atoms with Crippen molar-refractivity contribution in [1.29, 1.82) is 0 Å². The minimum Gasteiger partial charge on any atom is -0.493 e. The number of aromatic nitrogens is 1. The monoisotopic (exact) mass is 462 g/mol. The van der Waals surface area contributed by atoms with Gasteiger partial charge in [-0.1, -0.05) is 49.3 Å². The Morgan fingerprint density at radius 1 is 1.09 bits per heavy atom. The van der Waals surface area contributed by atoms with Crippen LogP contribution in [0.15, 0.2) is 53.1 Å². The maximum Gasteiger partial charge on any atom is 0.244 e. The summed E-state index contributed by atoms with van der Waals surface area (Å²) < 4.78 is 16.6. The maximum absolute atomic E-state index is 12.5. The number of amides is 1. The zero-order valence-electron chi connectivity index (χ0n) is 20.8. The van der Waals surface area contributed by atoms with Crippen molar-refractivity contribution in [3.63, 3.8) is 0 Å². The molecule has 2 aromatic carbocycles. The molecule has 6 nitrogen and oxygen atoms in total. The van der Waals surface area contributed by atoms with Gasteiger partial charge in [0.25, 0.3) is 0 Å². The molecule has 0 saturated carbocycles. The molecule has 1 atom stereocenters. The third-order valence-corrected chi connectivity index (χ3v) is 5.65. The third kappa shape index (κ3) is 6.73. The molecule has 34 heavy (non-hydrogen) atoms. The summed E-state index contributed by atoms with van der Waals surface area (Å²) in [5.41, 5.74) is 4.96. The van der Waals surface area contributed by atoms with Gasteiger partial charge in [0, 0.05) is 6.08 Å². The molecule has 0 fully saturated rings. The molecule has 6 heteroatoms. The molecule has 0 aliphatic heterocycles. The number of nitrogens with zero attached hydrogens (tertiary/aromatic N) is 1. The van der Waals surface area contributed by atoms with Crippen molar-refractivity contribution in [3.8, 4) is 11.5 Å². The molecule has 1 amide bonds. The number of aryl methyl sites for hydroxylation is 2. The second kappa shape index (κ2) is 11.5. The summed E-state index contributed by atoms with van der Waals surface area (Å²) >= 11 is 0. The fourth-order valence-electron chi connectivity index (χ4n) is 3.70. The molecule has 1 aromatic heterocycles. The van der Waals surface area contributed by atoms with Gasteiger partial charge in [0.15, 0.2) is 11.5 Å². The number of ether oxygens (including phenoxy) is 2. The smallest absolute Gasteiger partial charge is 0.244 e. The average molecular weight is 463 g/mol. The van der Waals surface area contributed by atoms with Gasteiger partial charge in [-0.15, -0.1) is 0 Å². The number of hydrogen-bond acceptors (Lipinski definition) is 5. The first-order chi connectivity index (χ1) is 16.3. The van der Waals surface area contributed by atoms with Crippen molar-refractivity contribution in [2.24, 2.45) is 5.92 Å². The summed E-state index contributed by atoms with van der Waals surface area (Å²) in [6, 6.07) is 13.9. The van der Waals surface area contributed by atoms with Gasteiger partial charge in [-0.3, -0.25) is 4.79 Å². The van der Waals surface area contributed by atoms with Crippen molar-refractivity contribution in [1.82, 2.24) is 10.5 Å². The number of carbonyl (C=O) groups excluding carboxylic acids is 1. The van der Waals surface area contributed by atoms with E-state index in [1.165, 1.54) is 11.6 Å². The summed E-state index contributed by atoms with van der Waals surface area (Å²) in [6.07, 6.45) is 4.34. The summed E-state index contributed by atoms with van der Waals surface area (Å²) in [7, 11) is 1.59. The number of hydrogen-bond donors (Lipinski definition) is 1. The molecular weight excluding hydrogens is 428 g/mol. The van der Waals surface area contributed by atoms with Crippen molar-refractivity contribution in [3.05, 3.63) is 82.2 Å². The van der Waals surface area contributed by atoms with Crippen molar-refractivity contribution < 1.29 is 18.8 Å². The van der Waals surface area contributed by atoms with Gasteiger partial charge in [0.1, 0.15) is 12.4 Å². The van der Waals surface area contributed by atoms with Crippen LogP contribution < -0.4 is 14.8 Å². The van der Waals surface area contributed by atoms with Gasteiger partial charge in [0.05, 0.1) is 24.4 Å². The lowest BCUT2D eigenvalue weighted by molar-refractivity contribution is -0.117. The molecule has 0 saturated heterocycles. The second-order valence-electron chi connectivity index (χ2n) is 8.90. The highest BCUT2D eigenvalue weighted by Crippen LogP contribution is 2.30. The van der Waals surface area contributed by atoms with Gasteiger partial charge in [-0.05, 0) is 68.0 Å². The number of nitrogens with one attached hydrogen (secondary N) is 1. The second-order valence-corrected chi connectivity index (χ2v) is 8.90. The van der Waals surface area contributed by atoms with Crippen LogP contribution in [0.2, 0.25) is 0 Å². The quantitative estimate of drug-likeness (QED) is 0.376. The van der Waals surface area contributed by atoms with Gasteiger partial charge < -0.3 is 19.3 Å². The van der Waals surface area contributed by atoms with E-state index in [1.807, 2.05) is 39.0 Å². The normalized spacial score (nSPS) is 12.2. The standard InChI is InChI=1S/C28H34N2O4/c1-18(2)15-22-7-11-24(12-8-22)19(3)29-28(31)14-10-23-9-13-26(27(16-23)32-6)33-17-25-20(4)30-34-21(25)5/h7-14,16,18-19H,15,17H2,1-6H3,(H,29,31). The first kappa shape index (κ1) is 25.1. The lowest BCUT2D eigenvalue weighted by Crippen LogP contribution is -2.24. The minimum absolute atomic E-state index is 0.0834. The molecule has 0 aliphatic rings. The highest BCUT2D eigenvalue weighted by molar-refractivity contribution is 5.92. The lowest BCUT2D eigenvalue weighted by atomic mass is 10.00. The van der Waals surface area contributed by atoms with Crippen LogP contribution in [-0.2, 0) is 17.8 Å². The van der Waals surface area contributed by atoms with Crippen LogP contribution in [0.1, 0.15) is 60.5 Å². The zero-order valence-corrected chi connectivity index (χ0v) is 20.8. The molecule has 3 aromatic rings. The third-order valence-electron chi connectivity index (χ3n) is 5.65. The summed E-state index contributed by atoms with van der Waals surface area (Å²) in [6.45, 7) is 10.5. The maximum atomic E-state index is 12.5. The molecule has 180 valence electrons. The number of rotatable bonds is 10. The SMILES string of the molecule is COc1cc(C=CC(=O)NC(C)c2ccc(CC(C)C)cc2)ccc1OCc1c(C)noc1C. The number of carbonyl (C=O) groups is 1. The van der Waals surface area contributed by atoms with Crippen LogP contribution in [-0.4, -0.2) is 18.2 Å². The average Bonchev–Trinajstić information content (AvgIpc) is 3.13. The molecule has 0 radical (unpaired) electrons. The summed E-state index contributed by atoms with van der Waals surface area (Å²) in [4.78, 5) is 12.5. The molecule has 1 heterocycles. The van der Waals surface area contributed by atoms with Crippen LogP contribution in [0.4, 0.5) is 0 Å². The predicted molar refractivity (Wildman–Crippen MR) is 134 cm³/mol. The molecule has 0 aliphatic carbocycles. The first-order valence-corrected chi connectivity index (χ1v) is 11.6. The Morgan fingerprint density at radius 3 is 2.44 bits per heavy atom. The van der Waals surface area contributed by atoms with Crippen molar-refractivity contribution in [2.75, 3.05) is 7.11 Å². The molecule has 0 bridgehead atoms. The fourth-order valence-corrected chi connectivity index (χ4v) is 3.70. The van der Waals surface area contributed by atoms with E-state index < -0.39 is 0 Å². The van der Waals surface area contributed by atoms with Gasteiger partial charge in [-0.2, -0.15) is 0 Å². The highest BCUT2D eigenvalue weighted by Gasteiger charge is 2.12. The van der Waals surface area contributed by atoms with Crippen molar-refractivity contribution >= 4 is 12.0 Å². The van der Waals surface area contributed by atoms with E-state index in [-0.39, 0.29) is 11.9 Å². The van der Waals surface area contributed by atoms with E-state index in [9.17, 15) is 4.79 Å². The molecule has 1 unspecified atom stereocenters. The van der Waals surface area contributed by atoms with E-state index in [2.05, 4.69) is 48.6 Å². The Kier molecular flexibility index (Phi) is 8.52. The Balaban J connectivity index is 1.59. The zero-order chi connectivity index (χ0) is 24.7. The van der Waals surface area contributed by atoms with E-state index in [1.54, 1.807) is 13.2 Å². The Labute approximate surface area is 202 Å². The first-order valence-electron chi connectivity index (χ1n) is 11.6. The van der Waals surface area contributed by atoms with Gasteiger partial charge >= 0.3 is 0 Å². The molecule has 1 N–H and O–H groups in total. The van der Waals surface area contributed by atoms with Gasteiger partial charge in [-0.25, -0.2) is 0 Å². The van der Waals surface area contributed by atoms with E-state index in [0.717, 1.165) is 34.6 Å². The topological polar surface area (TPSA) is 73.6 Å². The van der Waals surface area contributed by atoms with Crippen LogP contribution in [0.5, 0.6) is 11.5 Å². The summed E-state index contributed by atoms with van der Waals surface area (Å²) in [5.74, 6) is 2.40. The largest absolute Gasteiger partial charge is 0.493 e. The molecular formula is C28H34N2O4.